The zero-order chi connectivity index (χ0) is 20.6. The van der Waals surface area contributed by atoms with Crippen LogP contribution in [-0.2, 0) is 4.79 Å². The van der Waals surface area contributed by atoms with Crippen molar-refractivity contribution in [3.05, 3.63) is 63.4 Å². The van der Waals surface area contributed by atoms with Crippen molar-refractivity contribution in [2.24, 2.45) is 5.92 Å². The lowest BCUT2D eigenvalue weighted by molar-refractivity contribution is -0.117. The van der Waals surface area contributed by atoms with Crippen LogP contribution in [0.1, 0.15) is 41.6 Å². The second kappa shape index (κ2) is 8.19. The van der Waals surface area contributed by atoms with Gasteiger partial charge in [0.1, 0.15) is 10.2 Å². The van der Waals surface area contributed by atoms with Crippen molar-refractivity contribution in [2.75, 3.05) is 5.32 Å². The first-order chi connectivity index (χ1) is 13.2. The van der Waals surface area contributed by atoms with Gasteiger partial charge < -0.3 is 5.32 Å². The highest BCUT2D eigenvalue weighted by molar-refractivity contribution is 6.53. The molecule has 1 N–H and O–H groups in total. The number of amides is 1. The number of rotatable bonds is 6. The van der Waals surface area contributed by atoms with Gasteiger partial charge >= 0.3 is 0 Å². The van der Waals surface area contributed by atoms with Crippen molar-refractivity contribution in [2.45, 2.75) is 30.0 Å². The number of ketones is 1. The van der Waals surface area contributed by atoms with Gasteiger partial charge in [0.25, 0.3) is 0 Å². The number of carbonyl (C=O) groups excluding carboxylic acids is 2. The van der Waals surface area contributed by atoms with Crippen LogP contribution < -0.4 is 5.32 Å². The van der Waals surface area contributed by atoms with Crippen molar-refractivity contribution in [3.8, 4) is 0 Å². The Labute approximate surface area is 182 Å². The summed E-state index contributed by atoms with van der Waals surface area (Å²) in [4.78, 5) is 24.9. The maximum absolute atomic E-state index is 13.4. The third-order valence-corrected chi connectivity index (χ3v) is 6.21. The summed E-state index contributed by atoms with van der Waals surface area (Å²) in [6.45, 7) is 1.90. The highest BCUT2D eigenvalue weighted by atomic mass is 35.5. The van der Waals surface area contributed by atoms with E-state index in [1.807, 2.05) is 6.92 Å². The Balaban J connectivity index is 1.79. The molecule has 148 valence electrons. The fraction of sp³-hybridized carbons (Fsp3) is 0.300. The molecule has 0 spiro atoms. The molecule has 1 amide bonds. The molecule has 3 nitrogen and oxygen atoms in total. The van der Waals surface area contributed by atoms with Crippen LogP contribution in [0.2, 0.25) is 10.0 Å². The molecule has 1 aliphatic carbocycles. The SMILES string of the molecule is CCCC(=O)c1cc(NC(=O)C2C(c3ccc(F)c(Cl)c3)C2(Cl)Cl)ccc1Cl. The van der Waals surface area contributed by atoms with E-state index < -0.39 is 27.9 Å². The number of anilines is 1. The molecule has 1 saturated carbocycles. The topological polar surface area (TPSA) is 46.2 Å². The summed E-state index contributed by atoms with van der Waals surface area (Å²) in [5.41, 5.74) is 1.34. The van der Waals surface area contributed by atoms with Gasteiger partial charge in [-0.3, -0.25) is 9.59 Å². The summed E-state index contributed by atoms with van der Waals surface area (Å²) in [6.07, 6.45) is 1.05. The third kappa shape index (κ3) is 4.16. The molecule has 0 saturated heterocycles. The number of carbonyl (C=O) groups is 2. The van der Waals surface area contributed by atoms with Gasteiger partial charge in [0.15, 0.2) is 5.78 Å². The first-order valence-electron chi connectivity index (χ1n) is 8.63. The molecule has 2 aromatic rings. The molecule has 2 atom stereocenters. The molecule has 0 bridgehead atoms. The van der Waals surface area contributed by atoms with Gasteiger partial charge in [-0.1, -0.05) is 36.2 Å². The van der Waals surface area contributed by atoms with E-state index in [4.69, 9.17) is 46.4 Å². The Bertz CT molecular complexity index is 948. The second-order valence-electron chi connectivity index (χ2n) is 6.66. The van der Waals surface area contributed by atoms with Gasteiger partial charge in [0.2, 0.25) is 5.91 Å². The number of nitrogens with one attached hydrogen (secondary N) is 1. The van der Waals surface area contributed by atoms with E-state index in [1.54, 1.807) is 12.1 Å². The normalized spacial score (nSPS) is 19.9. The van der Waals surface area contributed by atoms with Crippen LogP contribution in [0.3, 0.4) is 0 Å². The molecule has 0 aliphatic heterocycles. The van der Waals surface area contributed by atoms with E-state index in [-0.39, 0.29) is 10.8 Å². The van der Waals surface area contributed by atoms with Crippen LogP contribution in [0, 0.1) is 11.7 Å². The van der Waals surface area contributed by atoms with Crippen LogP contribution in [0.15, 0.2) is 36.4 Å². The van der Waals surface area contributed by atoms with E-state index >= 15 is 0 Å². The molecule has 1 aliphatic rings. The highest BCUT2D eigenvalue weighted by Crippen LogP contribution is 2.65. The molecule has 0 aromatic heterocycles. The molecule has 1 fully saturated rings. The van der Waals surface area contributed by atoms with Gasteiger partial charge in [0, 0.05) is 23.6 Å². The molecular formula is C20H16Cl4FNO2. The molecular weight excluding hydrogens is 447 g/mol. The maximum atomic E-state index is 13.4. The summed E-state index contributed by atoms with van der Waals surface area (Å²) in [5.74, 6) is -2.35. The van der Waals surface area contributed by atoms with Gasteiger partial charge in [0.05, 0.1) is 16.0 Å². The molecule has 2 unspecified atom stereocenters. The van der Waals surface area contributed by atoms with Gasteiger partial charge in [-0.05, 0) is 42.3 Å². The van der Waals surface area contributed by atoms with E-state index in [2.05, 4.69) is 5.32 Å². The number of hydrogen-bond acceptors (Lipinski definition) is 2. The number of alkyl halides is 2. The molecule has 2 aromatic carbocycles. The van der Waals surface area contributed by atoms with Crippen molar-refractivity contribution >= 4 is 63.8 Å². The lowest BCUT2D eigenvalue weighted by atomic mass is 10.1. The predicted molar refractivity (Wildman–Crippen MR) is 111 cm³/mol. The molecule has 0 heterocycles. The molecule has 28 heavy (non-hydrogen) atoms. The summed E-state index contributed by atoms with van der Waals surface area (Å²) in [5, 5.41) is 2.98. The smallest absolute Gasteiger partial charge is 0.231 e. The second-order valence-corrected chi connectivity index (χ2v) is 8.92. The maximum Gasteiger partial charge on any atom is 0.231 e. The Kier molecular flexibility index (Phi) is 6.26. The Morgan fingerprint density at radius 2 is 1.82 bits per heavy atom. The summed E-state index contributed by atoms with van der Waals surface area (Å²) in [7, 11) is 0. The van der Waals surface area contributed by atoms with Crippen molar-refractivity contribution in [1.82, 2.24) is 0 Å². The van der Waals surface area contributed by atoms with E-state index in [0.717, 1.165) is 0 Å². The zero-order valence-electron chi connectivity index (χ0n) is 14.7. The van der Waals surface area contributed by atoms with E-state index in [9.17, 15) is 14.0 Å². The molecule has 8 heteroatoms. The van der Waals surface area contributed by atoms with Gasteiger partial charge in [-0.25, -0.2) is 4.39 Å². The highest BCUT2D eigenvalue weighted by Gasteiger charge is 2.67. The molecule has 3 rings (SSSR count). The van der Waals surface area contributed by atoms with Gasteiger partial charge in [-0.2, -0.15) is 0 Å². The lowest BCUT2D eigenvalue weighted by Gasteiger charge is -2.09. The van der Waals surface area contributed by atoms with Crippen LogP contribution in [0.25, 0.3) is 0 Å². The Hall–Kier alpha value is -1.33. The minimum atomic E-state index is -1.33. The lowest BCUT2D eigenvalue weighted by Crippen LogP contribution is -2.17. The largest absolute Gasteiger partial charge is 0.326 e. The number of halogens is 5. The van der Waals surface area contributed by atoms with Crippen molar-refractivity contribution in [3.63, 3.8) is 0 Å². The third-order valence-electron chi connectivity index (χ3n) is 4.65. The van der Waals surface area contributed by atoms with E-state index in [0.29, 0.717) is 34.7 Å². The fourth-order valence-electron chi connectivity index (χ4n) is 3.17. The monoisotopic (exact) mass is 461 g/mol. The fourth-order valence-corrected chi connectivity index (χ4v) is 4.41. The van der Waals surface area contributed by atoms with Crippen LogP contribution in [0.5, 0.6) is 0 Å². The molecule has 0 radical (unpaired) electrons. The van der Waals surface area contributed by atoms with Crippen LogP contribution in [-0.4, -0.2) is 16.0 Å². The average molecular weight is 463 g/mol. The quantitative estimate of drug-likeness (QED) is 0.386. The number of benzene rings is 2. The summed E-state index contributed by atoms with van der Waals surface area (Å²) < 4.78 is 12.1. The summed E-state index contributed by atoms with van der Waals surface area (Å²) in [6, 6.07) is 8.81. The van der Waals surface area contributed by atoms with Crippen molar-refractivity contribution in [1.29, 1.82) is 0 Å². The Morgan fingerprint density at radius 1 is 1.11 bits per heavy atom. The number of Topliss-reactive ketones (excluding diaryl/α,β-unsaturated/α-hetero) is 1. The zero-order valence-corrected chi connectivity index (χ0v) is 17.8. The van der Waals surface area contributed by atoms with Crippen LogP contribution >= 0.6 is 46.4 Å². The first-order valence-corrected chi connectivity index (χ1v) is 10.1. The number of hydrogen-bond donors (Lipinski definition) is 1. The van der Waals surface area contributed by atoms with E-state index in [1.165, 1.54) is 24.3 Å². The standard InChI is InChI=1S/C20H16Cl4FNO2/c1-2-3-16(27)12-9-11(5-6-13(12)21)26-19(28)18-17(20(18,23)24)10-4-7-15(25)14(22)8-10/h4-9,17-18H,2-3H2,1H3,(H,26,28). The van der Waals surface area contributed by atoms with Crippen LogP contribution in [0.4, 0.5) is 10.1 Å². The minimum absolute atomic E-state index is 0.0653. The average Bonchev–Trinajstić information content (AvgIpc) is 3.21. The predicted octanol–water partition coefficient (Wildman–Crippen LogP) is 6.64. The summed E-state index contributed by atoms with van der Waals surface area (Å²) >= 11 is 24.5. The minimum Gasteiger partial charge on any atom is -0.326 e. The van der Waals surface area contributed by atoms with Crippen molar-refractivity contribution < 1.29 is 14.0 Å². The first kappa shape index (κ1) is 21.4. The Morgan fingerprint density at radius 3 is 2.46 bits per heavy atom. The van der Waals surface area contributed by atoms with Gasteiger partial charge in [-0.15, -0.1) is 23.2 Å².